The van der Waals surface area contributed by atoms with Crippen LogP contribution in [-0.4, -0.2) is 29.9 Å². The highest BCUT2D eigenvalue weighted by atomic mass is 16.2. The lowest BCUT2D eigenvalue weighted by Gasteiger charge is -2.52. The van der Waals surface area contributed by atoms with Crippen molar-refractivity contribution in [2.75, 3.05) is 13.1 Å². The highest BCUT2D eigenvalue weighted by Gasteiger charge is 2.51. The van der Waals surface area contributed by atoms with Gasteiger partial charge in [0.1, 0.15) is 0 Å². The summed E-state index contributed by atoms with van der Waals surface area (Å²) in [6.45, 7) is 3.76. The van der Waals surface area contributed by atoms with Gasteiger partial charge in [0, 0.05) is 19.1 Å². The molecule has 3 nitrogen and oxygen atoms in total. The molecule has 0 aromatic heterocycles. The molecule has 3 heteroatoms. The number of hydrogen-bond donors (Lipinski definition) is 1. The summed E-state index contributed by atoms with van der Waals surface area (Å²) in [5, 5.41) is 0. The second-order valence-corrected chi connectivity index (χ2v) is 7.25. The van der Waals surface area contributed by atoms with Crippen molar-refractivity contribution in [3.8, 4) is 0 Å². The van der Waals surface area contributed by atoms with E-state index in [0.29, 0.717) is 24.4 Å². The molecule has 0 aromatic carbocycles. The molecule has 1 amide bonds. The van der Waals surface area contributed by atoms with Gasteiger partial charge in [0.25, 0.3) is 0 Å². The van der Waals surface area contributed by atoms with Crippen molar-refractivity contribution in [3.63, 3.8) is 0 Å². The Hall–Kier alpha value is -0.570. The summed E-state index contributed by atoms with van der Waals surface area (Å²) in [5.41, 5.74) is 5.76. The Balaban J connectivity index is 1.74. The van der Waals surface area contributed by atoms with E-state index in [9.17, 15) is 4.79 Å². The first-order valence-corrected chi connectivity index (χ1v) is 8.17. The molecule has 2 saturated carbocycles. The maximum Gasteiger partial charge on any atom is 0.230 e. The van der Waals surface area contributed by atoms with Crippen LogP contribution >= 0.6 is 0 Å². The van der Waals surface area contributed by atoms with Gasteiger partial charge in [-0.1, -0.05) is 19.8 Å². The maximum atomic E-state index is 13.0. The minimum atomic E-state index is -0.196. The van der Waals surface area contributed by atoms with E-state index in [4.69, 9.17) is 5.73 Å². The Morgan fingerprint density at radius 3 is 2.58 bits per heavy atom. The summed E-state index contributed by atoms with van der Waals surface area (Å²) in [6, 6.07) is 0.536. The summed E-state index contributed by atoms with van der Waals surface area (Å²) >= 11 is 0. The molecule has 3 rings (SSSR count). The zero-order valence-electron chi connectivity index (χ0n) is 12.2. The Bertz CT molecular complexity index is 347. The molecule has 0 aromatic rings. The molecule has 0 bridgehead atoms. The van der Waals surface area contributed by atoms with Crippen LogP contribution in [0.2, 0.25) is 0 Å². The molecule has 1 saturated heterocycles. The number of nitrogens with zero attached hydrogens (tertiary/aromatic N) is 1. The number of carbonyl (C=O) groups excluding carboxylic acids is 1. The number of likely N-dealkylation sites (tertiary alicyclic amines) is 1. The van der Waals surface area contributed by atoms with Gasteiger partial charge in [0.2, 0.25) is 5.91 Å². The zero-order valence-corrected chi connectivity index (χ0v) is 12.2. The monoisotopic (exact) mass is 264 g/mol. The second kappa shape index (κ2) is 5.08. The molecule has 3 fully saturated rings. The number of carbonyl (C=O) groups is 1. The maximum absolute atomic E-state index is 13.0. The van der Waals surface area contributed by atoms with E-state index in [2.05, 4.69) is 11.8 Å². The molecule has 19 heavy (non-hydrogen) atoms. The van der Waals surface area contributed by atoms with Crippen molar-refractivity contribution >= 4 is 5.91 Å². The molecule has 2 aliphatic carbocycles. The topological polar surface area (TPSA) is 46.3 Å². The summed E-state index contributed by atoms with van der Waals surface area (Å²) in [5.74, 6) is 1.85. The normalized spacial score (nSPS) is 42.4. The Morgan fingerprint density at radius 1 is 1.21 bits per heavy atom. The van der Waals surface area contributed by atoms with Gasteiger partial charge in [0.05, 0.1) is 5.41 Å². The van der Waals surface area contributed by atoms with E-state index < -0.39 is 0 Å². The van der Waals surface area contributed by atoms with E-state index in [1.165, 1.54) is 38.5 Å². The van der Waals surface area contributed by atoms with E-state index in [-0.39, 0.29) is 5.41 Å². The molecule has 108 valence electrons. The molecule has 2 atom stereocenters. The van der Waals surface area contributed by atoms with Crippen LogP contribution in [-0.2, 0) is 4.79 Å². The van der Waals surface area contributed by atoms with Crippen molar-refractivity contribution in [2.45, 2.75) is 64.3 Å². The molecular weight excluding hydrogens is 236 g/mol. The lowest BCUT2D eigenvalue weighted by atomic mass is 9.61. The van der Waals surface area contributed by atoms with Gasteiger partial charge < -0.3 is 10.6 Å². The predicted molar refractivity (Wildman–Crippen MR) is 76.6 cm³/mol. The van der Waals surface area contributed by atoms with Gasteiger partial charge >= 0.3 is 0 Å². The average molecular weight is 264 g/mol. The van der Waals surface area contributed by atoms with Crippen molar-refractivity contribution < 1.29 is 4.79 Å². The van der Waals surface area contributed by atoms with Gasteiger partial charge in [-0.25, -0.2) is 0 Å². The molecule has 2 N–H and O–H groups in total. The average Bonchev–Trinajstić information content (AvgIpc) is 2.42. The number of nitrogens with two attached hydrogens (primary N) is 1. The number of fused-ring (bicyclic) bond motifs is 1. The van der Waals surface area contributed by atoms with Crippen LogP contribution in [0.4, 0.5) is 0 Å². The molecule has 0 unspecified atom stereocenters. The van der Waals surface area contributed by atoms with Crippen LogP contribution in [0.3, 0.4) is 0 Å². The minimum Gasteiger partial charge on any atom is -0.339 e. The first-order chi connectivity index (χ1) is 9.16. The summed E-state index contributed by atoms with van der Waals surface area (Å²) in [6.07, 6.45) is 9.78. The SMILES string of the molecule is CC1CC(CN)(C(=O)N2CCC[C@H]3CCCC[C@H]32)C1. The van der Waals surface area contributed by atoms with Gasteiger partial charge in [0.15, 0.2) is 0 Å². The Kier molecular flexibility index (Phi) is 3.59. The third-order valence-corrected chi connectivity index (χ3v) is 5.83. The van der Waals surface area contributed by atoms with Gasteiger partial charge in [-0.3, -0.25) is 4.79 Å². The van der Waals surface area contributed by atoms with E-state index >= 15 is 0 Å². The smallest absolute Gasteiger partial charge is 0.230 e. The Morgan fingerprint density at radius 2 is 1.89 bits per heavy atom. The number of amides is 1. The predicted octanol–water partition coefficient (Wildman–Crippen LogP) is 2.54. The first kappa shape index (κ1) is 13.4. The number of hydrogen-bond acceptors (Lipinski definition) is 2. The van der Waals surface area contributed by atoms with Gasteiger partial charge in [-0.05, 0) is 50.4 Å². The quantitative estimate of drug-likeness (QED) is 0.833. The fourth-order valence-corrected chi connectivity index (χ4v) is 4.88. The minimum absolute atomic E-state index is 0.196. The standard InChI is InChI=1S/C16H28N2O/c1-12-9-16(10-12,11-17)15(19)18-8-4-6-13-5-2-3-7-14(13)18/h12-14H,2-11,17H2,1H3/t12?,13-,14-,16?/m1/s1. The largest absolute Gasteiger partial charge is 0.339 e. The first-order valence-electron chi connectivity index (χ1n) is 8.17. The molecule has 0 spiro atoms. The summed E-state index contributed by atoms with van der Waals surface area (Å²) in [4.78, 5) is 15.2. The van der Waals surface area contributed by atoms with Gasteiger partial charge in [-0.2, -0.15) is 0 Å². The van der Waals surface area contributed by atoms with Crippen LogP contribution in [0.25, 0.3) is 0 Å². The van der Waals surface area contributed by atoms with Crippen LogP contribution in [0.15, 0.2) is 0 Å². The molecule has 1 heterocycles. The lowest BCUT2D eigenvalue weighted by molar-refractivity contribution is -0.156. The highest BCUT2D eigenvalue weighted by Crippen LogP contribution is 2.47. The number of rotatable bonds is 2. The molecule has 0 radical (unpaired) electrons. The van der Waals surface area contributed by atoms with Crippen molar-refractivity contribution in [2.24, 2.45) is 23.0 Å². The summed E-state index contributed by atoms with van der Waals surface area (Å²) in [7, 11) is 0. The highest BCUT2D eigenvalue weighted by molar-refractivity contribution is 5.84. The van der Waals surface area contributed by atoms with Crippen molar-refractivity contribution in [1.29, 1.82) is 0 Å². The van der Waals surface area contributed by atoms with E-state index in [1.54, 1.807) is 0 Å². The summed E-state index contributed by atoms with van der Waals surface area (Å²) < 4.78 is 0. The zero-order chi connectivity index (χ0) is 13.5. The Labute approximate surface area is 116 Å². The van der Waals surface area contributed by atoms with Crippen LogP contribution in [0, 0.1) is 17.3 Å². The fraction of sp³-hybridized carbons (Fsp3) is 0.938. The number of piperidine rings is 1. The fourth-order valence-electron chi connectivity index (χ4n) is 4.88. The molecular formula is C16H28N2O. The third-order valence-electron chi connectivity index (χ3n) is 5.83. The van der Waals surface area contributed by atoms with Crippen LogP contribution < -0.4 is 5.73 Å². The second-order valence-electron chi connectivity index (χ2n) is 7.25. The van der Waals surface area contributed by atoms with Crippen LogP contribution in [0.1, 0.15) is 58.3 Å². The van der Waals surface area contributed by atoms with Crippen molar-refractivity contribution in [1.82, 2.24) is 4.90 Å². The van der Waals surface area contributed by atoms with E-state index in [1.807, 2.05) is 0 Å². The molecule has 1 aliphatic heterocycles. The van der Waals surface area contributed by atoms with Gasteiger partial charge in [-0.15, -0.1) is 0 Å². The van der Waals surface area contributed by atoms with Crippen LogP contribution in [0.5, 0.6) is 0 Å². The van der Waals surface area contributed by atoms with E-state index in [0.717, 1.165) is 25.3 Å². The molecule has 3 aliphatic rings. The third kappa shape index (κ3) is 2.20. The van der Waals surface area contributed by atoms with Crippen molar-refractivity contribution in [3.05, 3.63) is 0 Å². The lowest BCUT2D eigenvalue weighted by Crippen LogP contribution is -2.59.